The molecule has 0 radical (unpaired) electrons. The highest BCUT2D eigenvalue weighted by Crippen LogP contribution is 2.38. The molecule has 4 amide bonds. The summed E-state index contributed by atoms with van der Waals surface area (Å²) >= 11 is 0. The van der Waals surface area contributed by atoms with Crippen LogP contribution in [0, 0.1) is 5.92 Å². The Morgan fingerprint density at radius 2 is 1.77 bits per heavy atom. The van der Waals surface area contributed by atoms with Crippen molar-refractivity contribution in [3.05, 3.63) is 60.2 Å². The van der Waals surface area contributed by atoms with Crippen molar-refractivity contribution in [2.45, 2.75) is 51.1 Å². The lowest BCUT2D eigenvalue weighted by Crippen LogP contribution is -2.54. The molecule has 1 aliphatic carbocycles. The maximum absolute atomic E-state index is 13.0. The maximum atomic E-state index is 13.0. The topological polar surface area (TPSA) is 78.5 Å². The first kappa shape index (κ1) is 21.1. The normalized spacial score (nSPS) is 24.2. The van der Waals surface area contributed by atoms with E-state index in [0.29, 0.717) is 6.42 Å². The van der Waals surface area contributed by atoms with E-state index in [-0.39, 0.29) is 30.3 Å². The molecule has 2 fully saturated rings. The minimum absolute atomic E-state index is 0.0767. The van der Waals surface area contributed by atoms with Crippen LogP contribution in [0.5, 0.6) is 0 Å². The van der Waals surface area contributed by atoms with E-state index in [9.17, 15) is 14.4 Å². The summed E-state index contributed by atoms with van der Waals surface area (Å²) in [7, 11) is 0. The zero-order valence-electron chi connectivity index (χ0n) is 18.1. The van der Waals surface area contributed by atoms with Crippen LogP contribution >= 0.6 is 0 Å². The average molecular weight is 420 g/mol. The van der Waals surface area contributed by atoms with Gasteiger partial charge in [-0.2, -0.15) is 0 Å². The second-order valence-corrected chi connectivity index (χ2v) is 8.72. The molecule has 2 N–H and O–H groups in total. The predicted molar refractivity (Wildman–Crippen MR) is 119 cm³/mol. The molecule has 6 nitrogen and oxygen atoms in total. The fourth-order valence-electron chi connectivity index (χ4n) is 4.75. The van der Waals surface area contributed by atoms with Crippen molar-refractivity contribution in [3.8, 4) is 11.1 Å². The number of rotatable bonds is 5. The third-order valence-electron chi connectivity index (χ3n) is 6.70. The van der Waals surface area contributed by atoms with E-state index >= 15 is 0 Å². The number of amides is 4. The first-order valence-corrected chi connectivity index (χ1v) is 11.0. The molecule has 31 heavy (non-hydrogen) atoms. The summed E-state index contributed by atoms with van der Waals surface area (Å²) in [5.74, 6) is -0.531. The average Bonchev–Trinajstić information content (AvgIpc) is 3.01. The van der Waals surface area contributed by atoms with Gasteiger partial charge in [0.05, 0.1) is 6.04 Å². The number of benzene rings is 2. The highest BCUT2D eigenvalue weighted by molar-refractivity contribution is 6.09. The fourth-order valence-corrected chi connectivity index (χ4v) is 4.75. The lowest BCUT2D eigenvalue weighted by Gasteiger charge is -2.36. The van der Waals surface area contributed by atoms with Gasteiger partial charge in [0.1, 0.15) is 12.1 Å². The highest BCUT2D eigenvalue weighted by atomic mass is 16.2. The molecule has 6 heteroatoms. The Morgan fingerprint density at radius 3 is 2.45 bits per heavy atom. The Labute approximate surface area is 183 Å². The van der Waals surface area contributed by atoms with Crippen LogP contribution in [-0.2, 0) is 9.59 Å². The molecule has 1 heterocycles. The van der Waals surface area contributed by atoms with Gasteiger partial charge in [-0.3, -0.25) is 14.5 Å². The summed E-state index contributed by atoms with van der Waals surface area (Å²) in [4.78, 5) is 39.2. The van der Waals surface area contributed by atoms with Gasteiger partial charge < -0.3 is 10.6 Å². The highest BCUT2D eigenvalue weighted by Gasteiger charge is 2.55. The van der Waals surface area contributed by atoms with E-state index < -0.39 is 11.6 Å². The molecule has 2 aromatic rings. The SMILES string of the molecule is C[C@H](NC(=O)CN1C(=O)N[C@]2(CCCC[C@H]2C)C1=O)c1ccc(-c2ccccc2)cc1. The number of urea groups is 1. The van der Waals surface area contributed by atoms with E-state index in [0.717, 1.165) is 40.9 Å². The zero-order valence-corrected chi connectivity index (χ0v) is 18.1. The van der Waals surface area contributed by atoms with Gasteiger partial charge >= 0.3 is 6.03 Å². The van der Waals surface area contributed by atoms with Gasteiger partial charge in [0, 0.05) is 0 Å². The monoisotopic (exact) mass is 419 g/mol. The van der Waals surface area contributed by atoms with Crippen molar-refractivity contribution in [2.24, 2.45) is 5.92 Å². The van der Waals surface area contributed by atoms with Gasteiger partial charge in [-0.1, -0.05) is 74.4 Å². The first-order valence-electron chi connectivity index (χ1n) is 11.0. The molecule has 162 valence electrons. The van der Waals surface area contributed by atoms with Crippen LogP contribution < -0.4 is 10.6 Å². The van der Waals surface area contributed by atoms with Gasteiger partial charge in [-0.15, -0.1) is 0 Å². The van der Waals surface area contributed by atoms with Crippen LogP contribution in [0.3, 0.4) is 0 Å². The maximum Gasteiger partial charge on any atom is 0.325 e. The molecular weight excluding hydrogens is 390 g/mol. The second-order valence-electron chi connectivity index (χ2n) is 8.72. The molecular formula is C25H29N3O3. The van der Waals surface area contributed by atoms with Crippen LogP contribution in [0.25, 0.3) is 11.1 Å². The number of carbonyl (C=O) groups is 3. The summed E-state index contributed by atoms with van der Waals surface area (Å²) in [6.07, 6.45) is 3.52. The standard InChI is InChI=1S/C25H29N3O3/c1-17-8-6-7-15-25(17)23(30)28(24(31)27-25)16-22(29)26-18(2)19-11-13-21(14-12-19)20-9-4-3-5-10-20/h3-5,9-14,17-18H,6-8,15-16H2,1-2H3,(H,26,29)(H,27,31)/t17-,18+,25+/m1/s1. The largest absolute Gasteiger partial charge is 0.348 e. The smallest absolute Gasteiger partial charge is 0.325 e. The molecule has 2 aromatic carbocycles. The fraction of sp³-hybridized carbons (Fsp3) is 0.400. The Hall–Kier alpha value is -3.15. The van der Waals surface area contributed by atoms with Crippen LogP contribution in [0.15, 0.2) is 54.6 Å². The van der Waals surface area contributed by atoms with Crippen molar-refractivity contribution in [3.63, 3.8) is 0 Å². The minimum atomic E-state index is -0.839. The Morgan fingerprint density at radius 1 is 1.10 bits per heavy atom. The van der Waals surface area contributed by atoms with Gasteiger partial charge in [-0.25, -0.2) is 4.79 Å². The number of hydrogen-bond acceptors (Lipinski definition) is 3. The Kier molecular flexibility index (Phi) is 5.81. The Bertz CT molecular complexity index is 973. The Balaban J connectivity index is 1.38. The van der Waals surface area contributed by atoms with Crippen molar-refractivity contribution >= 4 is 17.8 Å². The summed E-state index contributed by atoms with van der Waals surface area (Å²) in [5.41, 5.74) is 2.36. The molecule has 3 atom stereocenters. The van der Waals surface area contributed by atoms with Gasteiger partial charge in [0.2, 0.25) is 5.91 Å². The van der Waals surface area contributed by atoms with E-state index in [1.54, 1.807) is 0 Å². The minimum Gasteiger partial charge on any atom is -0.348 e. The zero-order chi connectivity index (χ0) is 22.0. The third kappa shape index (κ3) is 4.07. The van der Waals surface area contributed by atoms with Gasteiger partial charge in [0.25, 0.3) is 5.91 Å². The number of imide groups is 1. The summed E-state index contributed by atoms with van der Waals surface area (Å²) in [6.45, 7) is 3.64. The number of nitrogens with one attached hydrogen (secondary N) is 2. The molecule has 0 aromatic heterocycles. The lowest BCUT2D eigenvalue weighted by molar-refractivity contribution is -0.137. The molecule has 1 spiro atoms. The van der Waals surface area contributed by atoms with Crippen LogP contribution in [0.2, 0.25) is 0 Å². The van der Waals surface area contributed by atoms with E-state index in [2.05, 4.69) is 22.8 Å². The summed E-state index contributed by atoms with van der Waals surface area (Å²) < 4.78 is 0. The second kappa shape index (κ2) is 8.53. The molecule has 2 aliphatic rings. The lowest BCUT2D eigenvalue weighted by atomic mass is 9.73. The van der Waals surface area contributed by atoms with Crippen molar-refractivity contribution in [1.29, 1.82) is 0 Å². The predicted octanol–water partition coefficient (Wildman–Crippen LogP) is 4.03. The first-order chi connectivity index (χ1) is 14.9. The van der Waals surface area contributed by atoms with Gasteiger partial charge in [0.15, 0.2) is 0 Å². The third-order valence-corrected chi connectivity index (χ3v) is 6.70. The van der Waals surface area contributed by atoms with E-state index in [1.165, 1.54) is 0 Å². The molecule has 0 bridgehead atoms. The number of hydrogen-bond donors (Lipinski definition) is 2. The molecule has 1 aliphatic heterocycles. The van der Waals surface area contributed by atoms with E-state index in [1.807, 2.05) is 56.3 Å². The van der Waals surface area contributed by atoms with Crippen LogP contribution in [-0.4, -0.2) is 34.8 Å². The van der Waals surface area contributed by atoms with Crippen molar-refractivity contribution < 1.29 is 14.4 Å². The molecule has 1 saturated carbocycles. The molecule has 4 rings (SSSR count). The van der Waals surface area contributed by atoms with E-state index in [4.69, 9.17) is 0 Å². The summed E-state index contributed by atoms with van der Waals surface area (Å²) in [5, 5.41) is 5.80. The van der Waals surface area contributed by atoms with Crippen molar-refractivity contribution in [2.75, 3.05) is 6.54 Å². The van der Waals surface area contributed by atoms with Gasteiger partial charge in [-0.05, 0) is 42.4 Å². The summed E-state index contributed by atoms with van der Waals surface area (Å²) in [6, 6.07) is 17.4. The molecule has 1 saturated heterocycles. The van der Waals surface area contributed by atoms with Crippen LogP contribution in [0.1, 0.15) is 51.1 Å². The van der Waals surface area contributed by atoms with Crippen LogP contribution in [0.4, 0.5) is 4.79 Å². The van der Waals surface area contributed by atoms with Crippen molar-refractivity contribution in [1.82, 2.24) is 15.5 Å². The molecule has 0 unspecified atom stereocenters. The number of carbonyl (C=O) groups excluding carboxylic acids is 3. The number of nitrogens with zero attached hydrogens (tertiary/aromatic N) is 1. The quantitative estimate of drug-likeness (QED) is 0.718.